The van der Waals surface area contributed by atoms with Crippen molar-refractivity contribution in [1.29, 1.82) is 0 Å². The number of hydrogen-bond acceptors (Lipinski definition) is 1. The Morgan fingerprint density at radius 1 is 1.36 bits per heavy atom. The first kappa shape index (κ1) is 11.8. The summed E-state index contributed by atoms with van der Waals surface area (Å²) in [5, 5.41) is 3.35. The lowest BCUT2D eigenvalue weighted by molar-refractivity contribution is 0.595. The predicted octanol–water partition coefficient (Wildman–Crippen LogP) is 2.71. The van der Waals surface area contributed by atoms with Crippen molar-refractivity contribution in [2.24, 2.45) is 0 Å². The van der Waals surface area contributed by atoms with Gasteiger partial charge in [0.15, 0.2) is 0 Å². The summed E-state index contributed by atoms with van der Waals surface area (Å²) in [7, 11) is 0. The van der Waals surface area contributed by atoms with Crippen molar-refractivity contribution < 1.29 is 0 Å². The van der Waals surface area contributed by atoms with Crippen LogP contribution in [0.5, 0.6) is 0 Å². The summed E-state index contributed by atoms with van der Waals surface area (Å²) < 4.78 is 0. The van der Waals surface area contributed by atoms with E-state index in [0.717, 1.165) is 19.5 Å². The van der Waals surface area contributed by atoms with Gasteiger partial charge in [0.05, 0.1) is 4.87 Å². The third kappa shape index (κ3) is 2.22. The molecule has 1 aliphatic heterocycles. The van der Waals surface area contributed by atoms with Crippen molar-refractivity contribution in [3.63, 3.8) is 0 Å². The largest absolute Gasteiger partial charge is 0.314 e. The summed E-state index contributed by atoms with van der Waals surface area (Å²) in [4.78, 5) is -0.243. The number of fused-ring (bicyclic) bond motifs is 1. The van der Waals surface area contributed by atoms with Gasteiger partial charge in [-0.3, -0.25) is 0 Å². The van der Waals surface area contributed by atoms with Gasteiger partial charge in [-0.05, 0) is 31.0 Å². The Morgan fingerprint density at radius 2 is 2.07 bits per heavy atom. The highest BCUT2D eigenvalue weighted by atomic mass is 35.5. The highest BCUT2D eigenvalue weighted by molar-refractivity contribution is 6.24. The molecule has 14 heavy (non-hydrogen) atoms. The molecule has 0 unspecified atom stereocenters. The van der Waals surface area contributed by atoms with E-state index in [-0.39, 0.29) is 17.3 Å². The Morgan fingerprint density at radius 3 is 2.86 bits per heavy atom. The minimum absolute atomic E-state index is 0. The zero-order valence-corrected chi connectivity index (χ0v) is 9.79. The molecule has 1 nitrogen and oxygen atoms in total. The quantitative estimate of drug-likeness (QED) is 0.678. The molecule has 1 heterocycles. The van der Waals surface area contributed by atoms with Crippen LogP contribution in [0.3, 0.4) is 0 Å². The van der Waals surface area contributed by atoms with Crippen LogP contribution < -0.4 is 5.32 Å². The first-order valence-corrected chi connectivity index (χ1v) is 5.06. The average molecular weight is 232 g/mol. The summed E-state index contributed by atoms with van der Waals surface area (Å²) in [5.74, 6) is 0. The van der Waals surface area contributed by atoms with Crippen LogP contribution in [0.25, 0.3) is 0 Å². The van der Waals surface area contributed by atoms with Crippen LogP contribution in [0.15, 0.2) is 24.3 Å². The molecule has 0 spiro atoms. The van der Waals surface area contributed by atoms with Gasteiger partial charge in [0.2, 0.25) is 0 Å². The number of hydrogen-bond donors (Lipinski definition) is 1. The summed E-state index contributed by atoms with van der Waals surface area (Å²) in [6.45, 7) is 3.95. The molecule has 0 amide bonds. The molecule has 1 N–H and O–H groups in total. The van der Waals surface area contributed by atoms with Crippen LogP contribution in [0.4, 0.5) is 0 Å². The molecule has 1 aromatic rings. The first-order valence-electron chi connectivity index (χ1n) is 4.68. The molecule has 0 bridgehead atoms. The van der Waals surface area contributed by atoms with Crippen LogP contribution in [0.2, 0.25) is 0 Å². The van der Waals surface area contributed by atoms with Crippen LogP contribution in [-0.4, -0.2) is 13.1 Å². The van der Waals surface area contributed by atoms with Gasteiger partial charge in [0.1, 0.15) is 0 Å². The second-order valence-corrected chi connectivity index (χ2v) is 4.62. The third-order valence-electron chi connectivity index (χ3n) is 2.61. The fraction of sp³-hybridized carbons (Fsp3) is 0.455. The molecule has 1 aliphatic rings. The van der Waals surface area contributed by atoms with Crippen molar-refractivity contribution >= 4 is 24.0 Å². The van der Waals surface area contributed by atoms with E-state index in [1.807, 2.05) is 0 Å². The number of nitrogens with one attached hydrogen (secondary N) is 1. The topological polar surface area (TPSA) is 12.0 Å². The smallest absolute Gasteiger partial charge is 0.0793 e. The van der Waals surface area contributed by atoms with Crippen LogP contribution in [0, 0.1) is 0 Å². The second-order valence-electron chi connectivity index (χ2n) is 3.78. The molecular weight excluding hydrogens is 217 g/mol. The van der Waals surface area contributed by atoms with Crippen molar-refractivity contribution in [3.8, 4) is 0 Å². The lowest BCUT2D eigenvalue weighted by atomic mass is 9.95. The van der Waals surface area contributed by atoms with Crippen molar-refractivity contribution in [1.82, 2.24) is 5.32 Å². The second kappa shape index (κ2) is 4.52. The third-order valence-corrected chi connectivity index (χ3v) is 2.94. The maximum Gasteiger partial charge on any atom is 0.0793 e. The zero-order chi connectivity index (χ0) is 9.31. The molecule has 0 aliphatic carbocycles. The Labute approximate surface area is 96.3 Å². The molecular formula is C11H15Cl2N. The SMILES string of the molecule is C[C@]1(Cl)CNCCc2ccccc21.Cl. The molecule has 0 fully saturated rings. The Bertz CT molecular complexity index is 310. The average Bonchev–Trinajstić information content (AvgIpc) is 2.26. The minimum atomic E-state index is -0.243. The molecule has 1 atom stereocenters. The van der Waals surface area contributed by atoms with Gasteiger partial charge in [-0.25, -0.2) is 0 Å². The molecule has 1 aromatic carbocycles. The summed E-state index contributed by atoms with van der Waals surface area (Å²) in [5.41, 5.74) is 2.66. The number of benzene rings is 1. The summed E-state index contributed by atoms with van der Waals surface area (Å²) in [6, 6.07) is 8.44. The fourth-order valence-electron chi connectivity index (χ4n) is 1.89. The van der Waals surface area contributed by atoms with Crippen molar-refractivity contribution in [3.05, 3.63) is 35.4 Å². The van der Waals surface area contributed by atoms with Crippen LogP contribution in [0.1, 0.15) is 18.1 Å². The Hall–Kier alpha value is -0.240. The molecule has 3 heteroatoms. The van der Waals surface area contributed by atoms with Gasteiger partial charge in [0, 0.05) is 6.54 Å². The fourth-order valence-corrected chi connectivity index (χ4v) is 2.17. The standard InChI is InChI=1S/C11H14ClN.ClH/c1-11(12)8-13-7-6-9-4-2-3-5-10(9)11;/h2-5,13H,6-8H2,1H3;1H/t11-;/m0./s1. The Kier molecular flexibility index (Phi) is 3.82. The number of alkyl halides is 1. The van der Waals surface area contributed by atoms with Gasteiger partial charge in [-0.15, -0.1) is 24.0 Å². The summed E-state index contributed by atoms with van der Waals surface area (Å²) >= 11 is 6.44. The van der Waals surface area contributed by atoms with E-state index in [1.54, 1.807) is 0 Å². The maximum atomic E-state index is 6.44. The number of rotatable bonds is 0. The number of halogens is 2. The molecule has 0 aromatic heterocycles. The van der Waals surface area contributed by atoms with E-state index in [9.17, 15) is 0 Å². The highest BCUT2D eigenvalue weighted by Gasteiger charge is 2.27. The van der Waals surface area contributed by atoms with E-state index in [4.69, 9.17) is 11.6 Å². The lowest BCUT2D eigenvalue weighted by Gasteiger charge is -2.22. The van der Waals surface area contributed by atoms with Crippen molar-refractivity contribution in [2.45, 2.75) is 18.2 Å². The molecule has 0 saturated heterocycles. The van der Waals surface area contributed by atoms with Gasteiger partial charge >= 0.3 is 0 Å². The minimum Gasteiger partial charge on any atom is -0.314 e. The lowest BCUT2D eigenvalue weighted by Crippen LogP contribution is -2.29. The van der Waals surface area contributed by atoms with Crippen LogP contribution >= 0.6 is 24.0 Å². The normalized spacial score (nSPS) is 25.9. The predicted molar refractivity (Wildman–Crippen MR) is 63.5 cm³/mol. The molecule has 78 valence electrons. The summed E-state index contributed by atoms with van der Waals surface area (Å²) in [6.07, 6.45) is 1.08. The van der Waals surface area contributed by atoms with Gasteiger partial charge in [-0.2, -0.15) is 0 Å². The zero-order valence-electron chi connectivity index (χ0n) is 8.22. The van der Waals surface area contributed by atoms with Gasteiger partial charge in [-0.1, -0.05) is 24.3 Å². The van der Waals surface area contributed by atoms with E-state index in [2.05, 4.69) is 36.5 Å². The van der Waals surface area contributed by atoms with Gasteiger partial charge < -0.3 is 5.32 Å². The van der Waals surface area contributed by atoms with E-state index >= 15 is 0 Å². The van der Waals surface area contributed by atoms with Gasteiger partial charge in [0.25, 0.3) is 0 Å². The Balaban J connectivity index is 0.000000980. The van der Waals surface area contributed by atoms with E-state index in [1.165, 1.54) is 11.1 Å². The molecule has 0 radical (unpaired) electrons. The van der Waals surface area contributed by atoms with Crippen LogP contribution in [-0.2, 0) is 11.3 Å². The first-order chi connectivity index (χ1) is 6.20. The highest BCUT2D eigenvalue weighted by Crippen LogP contribution is 2.32. The van der Waals surface area contributed by atoms with E-state index < -0.39 is 0 Å². The van der Waals surface area contributed by atoms with Crippen molar-refractivity contribution in [2.75, 3.05) is 13.1 Å². The maximum absolute atomic E-state index is 6.44. The molecule has 0 saturated carbocycles. The monoisotopic (exact) mass is 231 g/mol. The van der Waals surface area contributed by atoms with E-state index in [0.29, 0.717) is 0 Å². The molecule has 2 rings (SSSR count).